The standard InChI is InChI=1S/C15H23NO3S/c1-15(2,3)20(19)16-11-5-4-6-12-7-9-13(10-8-12)14(17)18/h7-10,16H,4-6,11H2,1-3H3,(H,17,18). The number of benzene rings is 1. The van der Waals surface area contributed by atoms with Gasteiger partial charge < -0.3 is 5.11 Å². The van der Waals surface area contributed by atoms with Gasteiger partial charge in [-0.05, 0) is 57.7 Å². The van der Waals surface area contributed by atoms with Gasteiger partial charge in [-0.25, -0.2) is 13.7 Å². The molecular formula is C15H23NO3S. The van der Waals surface area contributed by atoms with Crippen molar-refractivity contribution in [2.24, 2.45) is 0 Å². The summed E-state index contributed by atoms with van der Waals surface area (Å²) in [6, 6.07) is 6.96. The van der Waals surface area contributed by atoms with Gasteiger partial charge >= 0.3 is 5.97 Å². The lowest BCUT2D eigenvalue weighted by Gasteiger charge is -2.17. The molecule has 1 rings (SSSR count). The summed E-state index contributed by atoms with van der Waals surface area (Å²) in [5.41, 5.74) is 1.45. The maximum Gasteiger partial charge on any atom is 0.335 e. The molecule has 0 aliphatic carbocycles. The zero-order valence-corrected chi connectivity index (χ0v) is 13.1. The van der Waals surface area contributed by atoms with E-state index in [1.54, 1.807) is 12.1 Å². The van der Waals surface area contributed by atoms with Gasteiger partial charge in [-0.3, -0.25) is 0 Å². The predicted octanol–water partition coefficient (Wildman–Crippen LogP) is 2.76. The fourth-order valence-corrected chi connectivity index (χ4v) is 2.41. The van der Waals surface area contributed by atoms with Gasteiger partial charge in [-0.1, -0.05) is 12.1 Å². The number of nitrogens with one attached hydrogen (secondary N) is 1. The van der Waals surface area contributed by atoms with Crippen LogP contribution >= 0.6 is 0 Å². The average Bonchev–Trinajstić information content (AvgIpc) is 2.37. The van der Waals surface area contributed by atoms with Crippen LogP contribution in [0.2, 0.25) is 0 Å². The summed E-state index contributed by atoms with van der Waals surface area (Å²) < 4.78 is 14.5. The predicted molar refractivity (Wildman–Crippen MR) is 82.2 cm³/mol. The lowest BCUT2D eigenvalue weighted by molar-refractivity contribution is 0.0697. The highest BCUT2D eigenvalue weighted by Crippen LogP contribution is 2.10. The SMILES string of the molecule is CC(C)(C)S(=O)NCCCCc1ccc(C(=O)O)cc1. The van der Waals surface area contributed by atoms with Crippen LogP contribution < -0.4 is 4.72 Å². The molecule has 0 aromatic heterocycles. The number of hydrogen-bond donors (Lipinski definition) is 2. The zero-order valence-electron chi connectivity index (χ0n) is 12.3. The van der Waals surface area contributed by atoms with Crippen molar-refractivity contribution in [1.29, 1.82) is 0 Å². The van der Waals surface area contributed by atoms with Gasteiger partial charge in [-0.15, -0.1) is 0 Å². The van der Waals surface area contributed by atoms with Crippen LogP contribution in [-0.4, -0.2) is 26.6 Å². The first-order valence-corrected chi connectivity index (χ1v) is 7.93. The highest BCUT2D eigenvalue weighted by Gasteiger charge is 2.18. The van der Waals surface area contributed by atoms with Gasteiger partial charge in [0.1, 0.15) is 0 Å². The molecule has 0 radical (unpaired) electrons. The van der Waals surface area contributed by atoms with Crippen LogP contribution in [-0.2, 0) is 17.4 Å². The van der Waals surface area contributed by atoms with E-state index in [1.807, 2.05) is 32.9 Å². The van der Waals surface area contributed by atoms with E-state index in [0.29, 0.717) is 5.56 Å². The summed E-state index contributed by atoms with van der Waals surface area (Å²) in [4.78, 5) is 10.7. The van der Waals surface area contributed by atoms with Crippen molar-refractivity contribution in [3.63, 3.8) is 0 Å². The Morgan fingerprint density at radius 1 is 1.20 bits per heavy atom. The van der Waals surface area contributed by atoms with Crippen LogP contribution in [0.15, 0.2) is 24.3 Å². The number of hydrogen-bond acceptors (Lipinski definition) is 2. The molecule has 0 fully saturated rings. The second kappa shape index (κ2) is 7.55. The summed E-state index contributed by atoms with van der Waals surface area (Å²) in [5.74, 6) is -0.898. The number of aryl methyl sites for hydroxylation is 1. The Kier molecular flexibility index (Phi) is 6.36. The van der Waals surface area contributed by atoms with Gasteiger partial charge in [0, 0.05) is 6.54 Å². The fraction of sp³-hybridized carbons (Fsp3) is 0.533. The fourth-order valence-electron chi connectivity index (χ4n) is 1.65. The summed E-state index contributed by atoms with van der Waals surface area (Å²) in [5, 5.41) is 8.80. The highest BCUT2D eigenvalue weighted by atomic mass is 32.2. The van der Waals surface area contributed by atoms with Crippen molar-refractivity contribution < 1.29 is 14.1 Å². The quantitative estimate of drug-likeness (QED) is 0.761. The van der Waals surface area contributed by atoms with Crippen molar-refractivity contribution in [2.45, 2.75) is 44.8 Å². The molecule has 1 unspecified atom stereocenters. The topological polar surface area (TPSA) is 66.4 Å². The minimum Gasteiger partial charge on any atom is -0.478 e. The number of unbranched alkanes of at least 4 members (excludes halogenated alkanes) is 1. The van der Waals surface area contributed by atoms with Gasteiger partial charge in [-0.2, -0.15) is 0 Å². The van der Waals surface area contributed by atoms with E-state index in [2.05, 4.69) is 4.72 Å². The number of carbonyl (C=O) groups is 1. The largest absolute Gasteiger partial charge is 0.478 e. The Morgan fingerprint density at radius 3 is 2.30 bits per heavy atom. The maximum atomic E-state index is 11.7. The molecule has 112 valence electrons. The first kappa shape index (κ1) is 16.9. The molecule has 0 aliphatic rings. The van der Waals surface area contributed by atoms with Crippen molar-refractivity contribution in [3.8, 4) is 0 Å². The molecular weight excluding hydrogens is 274 g/mol. The first-order chi connectivity index (χ1) is 9.30. The van der Waals surface area contributed by atoms with Crippen molar-refractivity contribution in [2.75, 3.05) is 6.54 Å². The number of carboxylic acid groups (broad SMARTS) is 1. The van der Waals surface area contributed by atoms with E-state index < -0.39 is 17.0 Å². The maximum absolute atomic E-state index is 11.7. The van der Waals surface area contributed by atoms with Crippen molar-refractivity contribution in [3.05, 3.63) is 35.4 Å². The second-order valence-corrected chi connectivity index (χ2v) is 7.79. The normalized spacial score (nSPS) is 13.2. The Balaban J connectivity index is 2.25. The molecule has 0 amide bonds. The molecule has 2 N–H and O–H groups in total. The van der Waals surface area contributed by atoms with E-state index in [4.69, 9.17) is 5.11 Å². The Morgan fingerprint density at radius 2 is 1.80 bits per heavy atom. The Labute approximate surface area is 123 Å². The summed E-state index contributed by atoms with van der Waals surface area (Å²) in [6.45, 7) is 6.57. The van der Waals surface area contributed by atoms with E-state index in [9.17, 15) is 9.00 Å². The molecule has 0 aliphatic heterocycles. The van der Waals surface area contributed by atoms with Crippen LogP contribution in [0.5, 0.6) is 0 Å². The summed E-state index contributed by atoms with van der Waals surface area (Å²) in [7, 11) is -1.01. The molecule has 1 aromatic carbocycles. The van der Waals surface area contributed by atoms with E-state index in [0.717, 1.165) is 31.4 Å². The molecule has 4 nitrogen and oxygen atoms in total. The molecule has 20 heavy (non-hydrogen) atoms. The lowest BCUT2D eigenvalue weighted by atomic mass is 10.1. The van der Waals surface area contributed by atoms with Crippen LogP contribution in [0.1, 0.15) is 49.5 Å². The number of carboxylic acids is 1. The molecule has 0 saturated carbocycles. The summed E-state index contributed by atoms with van der Waals surface area (Å²) >= 11 is 0. The van der Waals surface area contributed by atoms with Crippen molar-refractivity contribution in [1.82, 2.24) is 4.72 Å². The van der Waals surface area contributed by atoms with Gasteiger partial charge in [0.15, 0.2) is 0 Å². The van der Waals surface area contributed by atoms with Crippen LogP contribution in [0.25, 0.3) is 0 Å². The minimum absolute atomic E-state index is 0.230. The Bertz CT molecular complexity index is 463. The van der Waals surface area contributed by atoms with Crippen LogP contribution in [0.3, 0.4) is 0 Å². The second-order valence-electron chi connectivity index (χ2n) is 5.73. The van der Waals surface area contributed by atoms with E-state index >= 15 is 0 Å². The molecule has 0 saturated heterocycles. The Hall–Kier alpha value is -1.20. The molecule has 0 bridgehead atoms. The monoisotopic (exact) mass is 297 g/mol. The third-order valence-corrected chi connectivity index (χ3v) is 4.46. The molecule has 1 atom stereocenters. The number of rotatable bonds is 7. The van der Waals surface area contributed by atoms with Crippen LogP contribution in [0, 0.1) is 0 Å². The van der Waals surface area contributed by atoms with Crippen LogP contribution in [0.4, 0.5) is 0 Å². The first-order valence-electron chi connectivity index (χ1n) is 6.78. The van der Waals surface area contributed by atoms with Gasteiger partial charge in [0.05, 0.1) is 21.3 Å². The van der Waals surface area contributed by atoms with Crippen molar-refractivity contribution >= 4 is 17.0 Å². The highest BCUT2D eigenvalue weighted by molar-refractivity contribution is 7.84. The summed E-state index contributed by atoms with van der Waals surface area (Å²) in [6.07, 6.45) is 2.84. The van der Waals surface area contributed by atoms with E-state index in [-0.39, 0.29) is 4.75 Å². The third kappa shape index (κ3) is 5.84. The number of aromatic carboxylic acids is 1. The average molecular weight is 297 g/mol. The zero-order chi connectivity index (χ0) is 15.2. The van der Waals surface area contributed by atoms with Gasteiger partial charge in [0.2, 0.25) is 0 Å². The van der Waals surface area contributed by atoms with Gasteiger partial charge in [0.25, 0.3) is 0 Å². The lowest BCUT2D eigenvalue weighted by Crippen LogP contribution is -2.33. The molecule has 0 heterocycles. The van der Waals surface area contributed by atoms with E-state index in [1.165, 1.54) is 0 Å². The third-order valence-electron chi connectivity index (χ3n) is 2.88. The smallest absolute Gasteiger partial charge is 0.335 e. The molecule has 1 aromatic rings. The molecule has 0 spiro atoms. The molecule has 5 heteroatoms. The minimum atomic E-state index is -1.01.